The Morgan fingerprint density at radius 1 is 1.10 bits per heavy atom. The second-order valence-corrected chi connectivity index (χ2v) is 8.44. The van der Waals surface area contributed by atoms with Crippen LogP contribution in [0.1, 0.15) is 39.7 Å². The zero-order chi connectivity index (χ0) is 16.0. The van der Waals surface area contributed by atoms with Crippen LogP contribution in [-0.4, -0.2) is 26.1 Å². The number of hydrogen-bond donors (Lipinski definition) is 1. The predicted molar refractivity (Wildman–Crippen MR) is 84.9 cm³/mol. The van der Waals surface area contributed by atoms with Gasteiger partial charge in [0.05, 0.1) is 10.1 Å². The molecule has 5 heteroatoms. The second-order valence-electron chi connectivity index (χ2n) is 5.94. The van der Waals surface area contributed by atoms with E-state index >= 15 is 0 Å². The maximum atomic E-state index is 12.0. The first kappa shape index (κ1) is 17.7. The number of benzene rings is 1. The minimum atomic E-state index is -3.21. The quantitative estimate of drug-likeness (QED) is 0.842. The fourth-order valence-corrected chi connectivity index (χ4v) is 2.97. The molecule has 0 aliphatic heterocycles. The van der Waals surface area contributed by atoms with Gasteiger partial charge in [-0.25, -0.2) is 8.42 Å². The van der Waals surface area contributed by atoms with Gasteiger partial charge in [0.2, 0.25) is 5.91 Å². The van der Waals surface area contributed by atoms with Crippen LogP contribution in [0.4, 0.5) is 0 Å². The van der Waals surface area contributed by atoms with Crippen LogP contribution in [0.3, 0.4) is 0 Å². The van der Waals surface area contributed by atoms with Crippen LogP contribution in [-0.2, 0) is 21.1 Å². The monoisotopic (exact) mass is 311 g/mol. The molecule has 1 rings (SSSR count). The van der Waals surface area contributed by atoms with Crippen molar-refractivity contribution in [3.05, 3.63) is 29.8 Å². The maximum absolute atomic E-state index is 12.0. The number of sulfone groups is 1. The molecule has 0 heterocycles. The third-order valence-electron chi connectivity index (χ3n) is 3.20. The number of carbonyl (C=O) groups is 1. The van der Waals surface area contributed by atoms with Crippen molar-refractivity contribution >= 4 is 15.7 Å². The molecule has 0 aliphatic carbocycles. The Morgan fingerprint density at radius 3 is 2.14 bits per heavy atom. The molecule has 0 spiro atoms. The van der Waals surface area contributed by atoms with E-state index in [4.69, 9.17) is 0 Å². The lowest BCUT2D eigenvalue weighted by Gasteiger charge is -2.09. The molecule has 1 aromatic carbocycles. The minimum Gasteiger partial charge on any atom is -0.356 e. The van der Waals surface area contributed by atoms with Crippen LogP contribution >= 0.6 is 0 Å². The molecule has 1 N–H and O–H groups in total. The van der Waals surface area contributed by atoms with Gasteiger partial charge in [0.15, 0.2) is 9.84 Å². The summed E-state index contributed by atoms with van der Waals surface area (Å²) >= 11 is 0. The number of rotatable bonds is 7. The molecule has 1 amide bonds. The van der Waals surface area contributed by atoms with Crippen molar-refractivity contribution in [3.8, 4) is 0 Å². The average Bonchev–Trinajstić information content (AvgIpc) is 2.38. The molecule has 21 heavy (non-hydrogen) atoms. The van der Waals surface area contributed by atoms with E-state index in [9.17, 15) is 13.2 Å². The van der Waals surface area contributed by atoms with Gasteiger partial charge in [-0.2, -0.15) is 0 Å². The van der Waals surface area contributed by atoms with Gasteiger partial charge in [0.1, 0.15) is 0 Å². The Kier molecular flexibility index (Phi) is 6.40. The van der Waals surface area contributed by atoms with E-state index in [1.807, 2.05) is 26.0 Å². The van der Waals surface area contributed by atoms with Crippen LogP contribution in [0.5, 0.6) is 0 Å². The third kappa shape index (κ3) is 5.50. The van der Waals surface area contributed by atoms with Gasteiger partial charge < -0.3 is 5.32 Å². The molecule has 4 nitrogen and oxygen atoms in total. The van der Waals surface area contributed by atoms with Gasteiger partial charge >= 0.3 is 0 Å². The number of hydrogen-bond acceptors (Lipinski definition) is 3. The van der Waals surface area contributed by atoms with Crippen LogP contribution in [0, 0.1) is 5.92 Å². The Balaban J connectivity index is 2.55. The first-order valence-corrected chi connectivity index (χ1v) is 8.87. The molecule has 0 bridgehead atoms. The largest absolute Gasteiger partial charge is 0.356 e. The smallest absolute Gasteiger partial charge is 0.220 e. The molecule has 0 saturated carbocycles. The Labute approximate surface area is 127 Å². The standard InChI is InChI=1S/C16H25NO3S/c1-12(2)11-16(18)17-10-9-14-5-7-15(8-6-14)21(19,20)13(3)4/h5-8,12-13H,9-11H2,1-4H3,(H,17,18). The molecule has 0 unspecified atom stereocenters. The lowest BCUT2D eigenvalue weighted by atomic mass is 10.1. The highest BCUT2D eigenvalue weighted by Gasteiger charge is 2.18. The van der Waals surface area contributed by atoms with Gasteiger partial charge in [-0.15, -0.1) is 0 Å². The van der Waals surface area contributed by atoms with Crippen molar-refractivity contribution < 1.29 is 13.2 Å². The lowest BCUT2D eigenvalue weighted by Crippen LogP contribution is -2.26. The SMILES string of the molecule is CC(C)CC(=O)NCCc1ccc(S(=O)(=O)C(C)C)cc1. The molecule has 1 aromatic rings. The zero-order valence-corrected chi connectivity index (χ0v) is 14.0. The summed E-state index contributed by atoms with van der Waals surface area (Å²) in [4.78, 5) is 11.9. The summed E-state index contributed by atoms with van der Waals surface area (Å²) in [5, 5.41) is 2.45. The molecular formula is C16H25NO3S. The third-order valence-corrected chi connectivity index (χ3v) is 5.37. The Bertz CT molecular complexity index is 560. The van der Waals surface area contributed by atoms with Gasteiger partial charge in [-0.3, -0.25) is 4.79 Å². The summed E-state index contributed by atoms with van der Waals surface area (Å²) in [7, 11) is -3.21. The van der Waals surface area contributed by atoms with Gasteiger partial charge in [0, 0.05) is 13.0 Å². The van der Waals surface area contributed by atoms with Crippen LogP contribution in [0.2, 0.25) is 0 Å². The van der Waals surface area contributed by atoms with E-state index in [0.717, 1.165) is 5.56 Å². The van der Waals surface area contributed by atoms with Crippen molar-refractivity contribution in [1.82, 2.24) is 5.32 Å². The number of carbonyl (C=O) groups excluding carboxylic acids is 1. The summed E-state index contributed by atoms with van der Waals surface area (Å²) in [6.07, 6.45) is 1.23. The minimum absolute atomic E-state index is 0.0593. The maximum Gasteiger partial charge on any atom is 0.220 e. The molecule has 0 aliphatic rings. The normalized spacial score (nSPS) is 11.9. The van der Waals surface area contributed by atoms with Crippen molar-refractivity contribution in [2.45, 2.75) is 50.7 Å². The summed E-state index contributed by atoms with van der Waals surface area (Å²) in [6.45, 7) is 7.93. The van der Waals surface area contributed by atoms with Gasteiger partial charge in [0.25, 0.3) is 0 Å². The molecule has 118 valence electrons. The molecule has 0 atom stereocenters. The molecule has 0 radical (unpaired) electrons. The lowest BCUT2D eigenvalue weighted by molar-refractivity contribution is -0.121. The molecule has 0 saturated heterocycles. The van der Waals surface area contributed by atoms with E-state index in [1.165, 1.54) is 0 Å². The van der Waals surface area contributed by atoms with Crippen molar-refractivity contribution in [2.75, 3.05) is 6.54 Å². The highest BCUT2D eigenvalue weighted by atomic mass is 32.2. The summed E-state index contributed by atoms with van der Waals surface area (Å²) < 4.78 is 24.0. The van der Waals surface area contributed by atoms with E-state index in [2.05, 4.69) is 5.32 Å². The second kappa shape index (κ2) is 7.59. The van der Waals surface area contributed by atoms with Gasteiger partial charge in [-0.1, -0.05) is 26.0 Å². The highest BCUT2D eigenvalue weighted by molar-refractivity contribution is 7.92. The van der Waals surface area contributed by atoms with Crippen molar-refractivity contribution in [1.29, 1.82) is 0 Å². The Morgan fingerprint density at radius 2 is 1.67 bits per heavy atom. The average molecular weight is 311 g/mol. The first-order chi connectivity index (χ1) is 9.73. The van der Waals surface area contributed by atoms with E-state index in [-0.39, 0.29) is 5.91 Å². The van der Waals surface area contributed by atoms with Crippen molar-refractivity contribution in [2.24, 2.45) is 5.92 Å². The number of nitrogens with one attached hydrogen (secondary N) is 1. The fraction of sp³-hybridized carbons (Fsp3) is 0.562. The summed E-state index contributed by atoms with van der Waals surface area (Å²) in [6, 6.07) is 6.90. The van der Waals surface area contributed by atoms with Crippen LogP contribution in [0.15, 0.2) is 29.2 Å². The molecular weight excluding hydrogens is 286 g/mol. The van der Waals surface area contributed by atoms with Crippen LogP contribution in [0.25, 0.3) is 0 Å². The molecule has 0 aromatic heterocycles. The molecule has 0 fully saturated rings. The predicted octanol–water partition coefficient (Wildman–Crippen LogP) is 2.57. The van der Waals surface area contributed by atoms with E-state index in [1.54, 1.807) is 26.0 Å². The van der Waals surface area contributed by atoms with E-state index < -0.39 is 15.1 Å². The fourth-order valence-electron chi connectivity index (χ4n) is 1.91. The zero-order valence-electron chi connectivity index (χ0n) is 13.2. The topological polar surface area (TPSA) is 63.2 Å². The van der Waals surface area contributed by atoms with Crippen molar-refractivity contribution in [3.63, 3.8) is 0 Å². The highest BCUT2D eigenvalue weighted by Crippen LogP contribution is 2.16. The first-order valence-electron chi connectivity index (χ1n) is 7.33. The van der Waals surface area contributed by atoms with Gasteiger partial charge in [-0.05, 0) is 43.9 Å². The Hall–Kier alpha value is -1.36. The summed E-state index contributed by atoms with van der Waals surface area (Å²) in [5.41, 5.74) is 1.02. The summed E-state index contributed by atoms with van der Waals surface area (Å²) in [5.74, 6) is 0.412. The van der Waals surface area contributed by atoms with Crippen LogP contribution < -0.4 is 5.32 Å². The number of amides is 1. The van der Waals surface area contributed by atoms with E-state index in [0.29, 0.717) is 30.2 Å².